The van der Waals surface area contributed by atoms with E-state index in [1.54, 1.807) is 19.4 Å². The van der Waals surface area contributed by atoms with E-state index in [9.17, 15) is 4.79 Å². The standard InChI is InChI=1S/C12H17N3O2.ClH/c1-17-11-5-4-9(7-14-11)8-15-12(16)10-3-2-6-13-10;/h4-5,7,10,13H,2-3,6,8H2,1H3,(H,15,16);1H. The number of carbonyl (C=O) groups excluding carboxylic acids is 1. The van der Waals surface area contributed by atoms with Crippen molar-refractivity contribution < 1.29 is 9.53 Å². The molecule has 2 rings (SSSR count). The number of hydrogen-bond acceptors (Lipinski definition) is 4. The SMILES string of the molecule is COc1ccc(CNC(=O)C2CCCN2)cn1.Cl. The van der Waals surface area contributed by atoms with Gasteiger partial charge in [0.05, 0.1) is 13.2 Å². The van der Waals surface area contributed by atoms with E-state index in [4.69, 9.17) is 4.74 Å². The molecule has 100 valence electrons. The van der Waals surface area contributed by atoms with Crippen molar-refractivity contribution >= 4 is 18.3 Å². The Labute approximate surface area is 113 Å². The van der Waals surface area contributed by atoms with Gasteiger partial charge in [0.25, 0.3) is 0 Å². The third kappa shape index (κ3) is 3.85. The van der Waals surface area contributed by atoms with Crippen LogP contribution >= 0.6 is 12.4 Å². The van der Waals surface area contributed by atoms with Gasteiger partial charge in [-0.3, -0.25) is 4.79 Å². The number of methoxy groups -OCH3 is 1. The van der Waals surface area contributed by atoms with Gasteiger partial charge in [0.1, 0.15) is 0 Å². The van der Waals surface area contributed by atoms with Crippen LogP contribution in [0.4, 0.5) is 0 Å². The van der Waals surface area contributed by atoms with Gasteiger partial charge in [0.15, 0.2) is 0 Å². The minimum atomic E-state index is -0.0267. The van der Waals surface area contributed by atoms with Crippen LogP contribution in [0.15, 0.2) is 18.3 Å². The molecule has 1 unspecified atom stereocenters. The van der Waals surface area contributed by atoms with Gasteiger partial charge in [-0.05, 0) is 24.9 Å². The minimum absolute atomic E-state index is 0. The topological polar surface area (TPSA) is 63.2 Å². The Hall–Kier alpha value is -1.33. The molecule has 0 saturated carbocycles. The summed E-state index contributed by atoms with van der Waals surface area (Å²) in [7, 11) is 1.58. The molecule has 1 aliphatic heterocycles. The molecule has 2 heterocycles. The van der Waals surface area contributed by atoms with Crippen LogP contribution in [0.2, 0.25) is 0 Å². The molecule has 2 N–H and O–H groups in total. The van der Waals surface area contributed by atoms with E-state index in [2.05, 4.69) is 15.6 Å². The number of amides is 1. The van der Waals surface area contributed by atoms with Gasteiger partial charge in [0, 0.05) is 18.8 Å². The maximum absolute atomic E-state index is 11.7. The third-order valence-electron chi connectivity index (χ3n) is 2.85. The molecule has 1 fully saturated rings. The zero-order valence-electron chi connectivity index (χ0n) is 10.3. The average Bonchev–Trinajstić information content (AvgIpc) is 2.90. The summed E-state index contributed by atoms with van der Waals surface area (Å²) >= 11 is 0. The van der Waals surface area contributed by atoms with Crippen molar-refractivity contribution in [3.63, 3.8) is 0 Å². The third-order valence-corrected chi connectivity index (χ3v) is 2.85. The van der Waals surface area contributed by atoms with Crippen molar-refractivity contribution in [3.05, 3.63) is 23.9 Å². The van der Waals surface area contributed by atoms with E-state index in [1.165, 1.54) is 0 Å². The second-order valence-corrected chi connectivity index (χ2v) is 4.08. The quantitative estimate of drug-likeness (QED) is 0.853. The highest BCUT2D eigenvalue weighted by atomic mass is 35.5. The Morgan fingerprint density at radius 3 is 3.00 bits per heavy atom. The van der Waals surface area contributed by atoms with Crippen LogP contribution in [0.25, 0.3) is 0 Å². The van der Waals surface area contributed by atoms with Crippen LogP contribution in [0, 0.1) is 0 Å². The first-order chi connectivity index (χ1) is 8.29. The van der Waals surface area contributed by atoms with E-state index in [-0.39, 0.29) is 24.4 Å². The fraction of sp³-hybridized carbons (Fsp3) is 0.500. The van der Waals surface area contributed by atoms with Gasteiger partial charge < -0.3 is 15.4 Å². The lowest BCUT2D eigenvalue weighted by Crippen LogP contribution is -2.40. The Bertz CT molecular complexity index is 377. The van der Waals surface area contributed by atoms with Gasteiger partial charge in [-0.15, -0.1) is 12.4 Å². The van der Waals surface area contributed by atoms with E-state index in [1.807, 2.05) is 6.07 Å². The van der Waals surface area contributed by atoms with Crippen molar-refractivity contribution in [1.29, 1.82) is 0 Å². The first-order valence-electron chi connectivity index (χ1n) is 5.79. The molecule has 1 saturated heterocycles. The lowest BCUT2D eigenvalue weighted by molar-refractivity contribution is -0.122. The summed E-state index contributed by atoms with van der Waals surface area (Å²) in [6.45, 7) is 1.44. The van der Waals surface area contributed by atoms with E-state index in [0.717, 1.165) is 24.9 Å². The summed E-state index contributed by atoms with van der Waals surface area (Å²) in [6, 6.07) is 3.66. The maximum atomic E-state index is 11.7. The number of rotatable bonds is 4. The fourth-order valence-corrected chi connectivity index (χ4v) is 1.86. The molecular weight excluding hydrogens is 254 g/mol. The zero-order valence-corrected chi connectivity index (χ0v) is 11.1. The van der Waals surface area contributed by atoms with Gasteiger partial charge in [-0.1, -0.05) is 6.07 Å². The number of aromatic nitrogens is 1. The highest BCUT2D eigenvalue weighted by Gasteiger charge is 2.21. The van der Waals surface area contributed by atoms with Crippen molar-refractivity contribution in [1.82, 2.24) is 15.6 Å². The fourth-order valence-electron chi connectivity index (χ4n) is 1.86. The summed E-state index contributed by atoms with van der Waals surface area (Å²) in [6.07, 6.45) is 3.70. The van der Waals surface area contributed by atoms with Crippen molar-refractivity contribution in [2.75, 3.05) is 13.7 Å². The second-order valence-electron chi connectivity index (χ2n) is 4.08. The van der Waals surface area contributed by atoms with Gasteiger partial charge in [0.2, 0.25) is 11.8 Å². The monoisotopic (exact) mass is 271 g/mol. The van der Waals surface area contributed by atoms with E-state index < -0.39 is 0 Å². The number of nitrogens with one attached hydrogen (secondary N) is 2. The molecule has 0 bridgehead atoms. The normalized spacial score (nSPS) is 17.9. The highest BCUT2D eigenvalue weighted by molar-refractivity contribution is 5.85. The molecule has 1 aromatic rings. The number of halogens is 1. The van der Waals surface area contributed by atoms with Crippen LogP contribution in [0.3, 0.4) is 0 Å². The molecule has 6 heteroatoms. The summed E-state index contributed by atoms with van der Waals surface area (Å²) < 4.78 is 4.97. The molecule has 0 aliphatic carbocycles. The minimum Gasteiger partial charge on any atom is -0.481 e. The highest BCUT2D eigenvalue weighted by Crippen LogP contribution is 2.07. The lowest BCUT2D eigenvalue weighted by Gasteiger charge is -2.10. The molecule has 1 amide bonds. The number of carbonyl (C=O) groups is 1. The Balaban J connectivity index is 0.00000162. The Morgan fingerprint density at radius 2 is 2.44 bits per heavy atom. The summed E-state index contributed by atoms with van der Waals surface area (Å²) in [5.41, 5.74) is 0.970. The zero-order chi connectivity index (χ0) is 12.1. The predicted octanol–water partition coefficient (Wildman–Crippen LogP) is 0.880. The first kappa shape index (κ1) is 14.7. The molecule has 1 atom stereocenters. The van der Waals surface area contributed by atoms with Crippen molar-refractivity contribution in [2.24, 2.45) is 0 Å². The smallest absolute Gasteiger partial charge is 0.237 e. The van der Waals surface area contributed by atoms with Crippen molar-refractivity contribution in [2.45, 2.75) is 25.4 Å². The number of pyridine rings is 1. The Kier molecular flexibility index (Phi) is 5.88. The molecule has 1 aliphatic rings. The Morgan fingerprint density at radius 1 is 1.61 bits per heavy atom. The van der Waals surface area contributed by atoms with Crippen LogP contribution in [-0.4, -0.2) is 30.6 Å². The number of hydrogen-bond donors (Lipinski definition) is 2. The van der Waals surface area contributed by atoms with E-state index >= 15 is 0 Å². The van der Waals surface area contributed by atoms with Gasteiger partial charge in [-0.25, -0.2) is 4.98 Å². The van der Waals surface area contributed by atoms with E-state index in [0.29, 0.717) is 12.4 Å². The summed E-state index contributed by atoms with van der Waals surface area (Å²) in [4.78, 5) is 15.8. The molecule has 0 radical (unpaired) electrons. The number of ether oxygens (including phenoxy) is 1. The lowest BCUT2D eigenvalue weighted by atomic mass is 10.2. The van der Waals surface area contributed by atoms with Crippen LogP contribution in [0.5, 0.6) is 5.88 Å². The maximum Gasteiger partial charge on any atom is 0.237 e. The largest absolute Gasteiger partial charge is 0.481 e. The van der Waals surface area contributed by atoms with Gasteiger partial charge >= 0.3 is 0 Å². The molecule has 5 nitrogen and oxygen atoms in total. The van der Waals surface area contributed by atoms with Crippen molar-refractivity contribution in [3.8, 4) is 5.88 Å². The van der Waals surface area contributed by atoms with Gasteiger partial charge in [-0.2, -0.15) is 0 Å². The van der Waals surface area contributed by atoms with Crippen LogP contribution in [-0.2, 0) is 11.3 Å². The molecule has 0 aromatic carbocycles. The predicted molar refractivity (Wildman–Crippen MR) is 70.9 cm³/mol. The molecular formula is C12H18ClN3O2. The molecule has 0 spiro atoms. The first-order valence-corrected chi connectivity index (χ1v) is 5.79. The van der Waals surface area contributed by atoms with Crippen LogP contribution < -0.4 is 15.4 Å². The number of nitrogens with zero attached hydrogens (tertiary/aromatic N) is 1. The molecule has 18 heavy (non-hydrogen) atoms. The second kappa shape index (κ2) is 7.18. The van der Waals surface area contributed by atoms with Crippen LogP contribution in [0.1, 0.15) is 18.4 Å². The average molecular weight is 272 g/mol. The summed E-state index contributed by atoms with van der Waals surface area (Å²) in [5.74, 6) is 0.649. The summed E-state index contributed by atoms with van der Waals surface area (Å²) in [5, 5.41) is 6.06. The molecule has 1 aromatic heterocycles.